The summed E-state index contributed by atoms with van der Waals surface area (Å²) in [5.74, 6) is -0.848. The second-order valence-electron chi connectivity index (χ2n) is 6.00. The second-order valence-corrected chi connectivity index (χ2v) is 7.68. The number of nitrogens with two attached hydrogens (primary N) is 1. The predicted molar refractivity (Wildman–Crippen MR) is 102 cm³/mol. The molecule has 2 rings (SSSR count). The highest BCUT2D eigenvalue weighted by atomic mass is 79.9. The Morgan fingerprint density at radius 3 is 1.54 bits per heavy atom. The van der Waals surface area contributed by atoms with E-state index in [4.69, 9.17) is 15.2 Å². The molecule has 0 aliphatic carbocycles. The molecule has 6 heteroatoms. The number of ether oxygens (including phenoxy) is 2. The van der Waals surface area contributed by atoms with Crippen molar-refractivity contribution >= 4 is 27.9 Å². The van der Waals surface area contributed by atoms with Crippen LogP contribution in [0.15, 0.2) is 60.7 Å². The summed E-state index contributed by atoms with van der Waals surface area (Å²) in [6.45, 7) is 0.478. The van der Waals surface area contributed by atoms with Crippen molar-refractivity contribution in [1.82, 2.24) is 0 Å². The van der Waals surface area contributed by atoms with Crippen molar-refractivity contribution in [2.75, 3.05) is 6.54 Å². The number of carbonyl (C=O) groups excluding carboxylic acids is 2. The third-order valence-electron chi connectivity index (χ3n) is 3.77. The zero-order chi connectivity index (χ0) is 18.8. The molecule has 0 radical (unpaired) electrons. The highest BCUT2D eigenvalue weighted by Gasteiger charge is 2.32. The van der Waals surface area contributed by atoms with Gasteiger partial charge in [0.25, 0.3) is 0 Å². The number of carbonyl (C=O) groups is 2. The summed E-state index contributed by atoms with van der Waals surface area (Å²) < 4.78 is 9.64. The molecule has 2 aromatic carbocycles. The van der Waals surface area contributed by atoms with E-state index in [0.29, 0.717) is 0 Å². The summed E-state index contributed by atoms with van der Waals surface area (Å²) in [5.41, 5.74) is 7.55. The van der Waals surface area contributed by atoms with E-state index >= 15 is 0 Å². The maximum Gasteiger partial charge on any atom is 0.307 e. The minimum absolute atomic E-state index is 0.0171. The van der Waals surface area contributed by atoms with Crippen LogP contribution in [0.3, 0.4) is 0 Å². The standard InChI is InChI=1S/C20H22BrNO4/c21-20(15-22,11-18(23)25-13-16-7-3-1-4-8-16)12-19(24)26-14-17-9-5-2-6-10-17/h1-10H,11-15,22H2. The molecule has 0 atom stereocenters. The van der Waals surface area contributed by atoms with Gasteiger partial charge in [-0.3, -0.25) is 9.59 Å². The largest absolute Gasteiger partial charge is 0.461 e. The Kier molecular flexibility index (Phi) is 7.81. The monoisotopic (exact) mass is 419 g/mol. The summed E-state index contributed by atoms with van der Waals surface area (Å²) >= 11 is 3.41. The first-order valence-corrected chi connectivity index (χ1v) is 9.08. The van der Waals surface area contributed by atoms with Gasteiger partial charge in [0.15, 0.2) is 0 Å². The van der Waals surface area contributed by atoms with Gasteiger partial charge in [0.05, 0.1) is 17.2 Å². The Balaban J connectivity index is 1.80. The second kappa shape index (κ2) is 10.1. The molecule has 0 heterocycles. The van der Waals surface area contributed by atoms with Gasteiger partial charge in [-0.1, -0.05) is 76.6 Å². The smallest absolute Gasteiger partial charge is 0.307 e. The Morgan fingerprint density at radius 2 is 1.19 bits per heavy atom. The predicted octanol–water partition coefficient (Wildman–Crippen LogP) is 3.35. The third-order valence-corrected chi connectivity index (χ3v) is 4.66. The number of rotatable bonds is 9. The maximum atomic E-state index is 12.1. The molecule has 0 saturated heterocycles. The van der Waals surface area contributed by atoms with Gasteiger partial charge in [0.1, 0.15) is 13.2 Å². The number of hydrogen-bond donors (Lipinski definition) is 1. The number of alkyl halides is 1. The van der Waals surface area contributed by atoms with Gasteiger partial charge in [-0.05, 0) is 11.1 Å². The van der Waals surface area contributed by atoms with E-state index in [1.165, 1.54) is 0 Å². The normalized spacial score (nSPS) is 11.0. The molecule has 0 spiro atoms. The highest BCUT2D eigenvalue weighted by molar-refractivity contribution is 9.10. The van der Waals surface area contributed by atoms with E-state index in [2.05, 4.69) is 15.9 Å². The van der Waals surface area contributed by atoms with Crippen LogP contribution >= 0.6 is 15.9 Å². The van der Waals surface area contributed by atoms with Crippen LogP contribution in [-0.4, -0.2) is 22.8 Å². The molecule has 0 aliphatic heterocycles. The van der Waals surface area contributed by atoms with Crippen molar-refractivity contribution in [2.24, 2.45) is 5.73 Å². The fourth-order valence-corrected chi connectivity index (χ4v) is 2.76. The van der Waals surface area contributed by atoms with Crippen LogP contribution in [0.2, 0.25) is 0 Å². The van der Waals surface area contributed by atoms with Crippen LogP contribution in [0.1, 0.15) is 24.0 Å². The molecule has 0 unspecified atom stereocenters. The summed E-state index contributed by atoms with van der Waals surface area (Å²) in [7, 11) is 0. The molecule has 2 aromatic rings. The van der Waals surface area contributed by atoms with E-state index in [0.717, 1.165) is 11.1 Å². The topological polar surface area (TPSA) is 78.6 Å². The molecule has 0 aromatic heterocycles. The molecular formula is C20H22BrNO4. The third kappa shape index (κ3) is 6.98. The van der Waals surface area contributed by atoms with Gasteiger partial charge in [0.2, 0.25) is 0 Å². The number of halogens is 1. The molecule has 26 heavy (non-hydrogen) atoms. The van der Waals surface area contributed by atoms with E-state index in [1.54, 1.807) is 0 Å². The first kappa shape index (κ1) is 20.1. The van der Waals surface area contributed by atoms with Crippen molar-refractivity contribution in [3.8, 4) is 0 Å². The van der Waals surface area contributed by atoms with Gasteiger partial charge in [0, 0.05) is 6.54 Å². The molecule has 5 nitrogen and oxygen atoms in total. The lowest BCUT2D eigenvalue weighted by Crippen LogP contribution is -2.37. The lowest BCUT2D eigenvalue weighted by molar-refractivity contribution is -0.147. The molecule has 0 amide bonds. The van der Waals surface area contributed by atoms with Crippen LogP contribution in [0.25, 0.3) is 0 Å². The highest BCUT2D eigenvalue weighted by Crippen LogP contribution is 2.27. The lowest BCUT2D eigenvalue weighted by atomic mass is 10.0. The number of esters is 2. The van der Waals surface area contributed by atoms with Crippen molar-refractivity contribution in [2.45, 2.75) is 30.4 Å². The van der Waals surface area contributed by atoms with Gasteiger partial charge in [-0.25, -0.2) is 0 Å². The van der Waals surface area contributed by atoms with Crippen molar-refractivity contribution in [1.29, 1.82) is 0 Å². The minimum atomic E-state index is -0.880. The van der Waals surface area contributed by atoms with Crippen LogP contribution in [0.5, 0.6) is 0 Å². The first-order chi connectivity index (χ1) is 12.5. The van der Waals surface area contributed by atoms with E-state index in [1.807, 2.05) is 60.7 Å². The van der Waals surface area contributed by atoms with E-state index < -0.39 is 16.3 Å². The maximum absolute atomic E-state index is 12.1. The summed E-state index contributed by atoms with van der Waals surface area (Å²) in [4.78, 5) is 24.2. The molecular weight excluding hydrogens is 398 g/mol. The Labute approximate surface area is 161 Å². The first-order valence-electron chi connectivity index (χ1n) is 8.29. The van der Waals surface area contributed by atoms with Crippen LogP contribution in [0.4, 0.5) is 0 Å². The van der Waals surface area contributed by atoms with Gasteiger partial charge < -0.3 is 15.2 Å². The van der Waals surface area contributed by atoms with Gasteiger partial charge >= 0.3 is 11.9 Å². The number of hydrogen-bond acceptors (Lipinski definition) is 5. The number of benzene rings is 2. The SMILES string of the molecule is NCC(Br)(CC(=O)OCc1ccccc1)CC(=O)OCc1ccccc1. The summed E-state index contributed by atoms with van der Waals surface area (Å²) in [6, 6.07) is 18.8. The van der Waals surface area contributed by atoms with Crippen LogP contribution in [0, 0.1) is 0 Å². The van der Waals surface area contributed by atoms with E-state index in [-0.39, 0.29) is 32.6 Å². The fourth-order valence-electron chi connectivity index (χ4n) is 2.30. The average molecular weight is 420 g/mol. The Hall–Kier alpha value is -2.18. The molecule has 0 bridgehead atoms. The summed E-state index contributed by atoms with van der Waals surface area (Å²) in [6.07, 6.45) is -0.0342. The zero-order valence-electron chi connectivity index (χ0n) is 14.4. The zero-order valence-corrected chi connectivity index (χ0v) is 16.0. The van der Waals surface area contributed by atoms with Crippen LogP contribution < -0.4 is 5.73 Å². The Bertz CT molecular complexity index is 649. The van der Waals surface area contributed by atoms with Gasteiger partial charge in [-0.15, -0.1) is 0 Å². The molecule has 0 aliphatic rings. The molecule has 0 saturated carbocycles. The lowest BCUT2D eigenvalue weighted by Gasteiger charge is -2.23. The average Bonchev–Trinajstić information content (AvgIpc) is 2.66. The van der Waals surface area contributed by atoms with Crippen molar-refractivity contribution in [3.63, 3.8) is 0 Å². The Morgan fingerprint density at radius 1 is 0.808 bits per heavy atom. The van der Waals surface area contributed by atoms with E-state index in [9.17, 15) is 9.59 Å². The quantitative estimate of drug-likeness (QED) is 0.497. The molecule has 0 fully saturated rings. The molecule has 2 N–H and O–H groups in total. The fraction of sp³-hybridized carbons (Fsp3) is 0.300. The summed E-state index contributed by atoms with van der Waals surface area (Å²) in [5, 5.41) is 0. The minimum Gasteiger partial charge on any atom is -0.461 e. The van der Waals surface area contributed by atoms with Crippen molar-refractivity contribution < 1.29 is 19.1 Å². The molecule has 138 valence electrons. The van der Waals surface area contributed by atoms with Crippen molar-refractivity contribution in [3.05, 3.63) is 71.8 Å². The van der Waals surface area contributed by atoms with Crippen LogP contribution in [-0.2, 0) is 32.3 Å². The van der Waals surface area contributed by atoms with Gasteiger partial charge in [-0.2, -0.15) is 0 Å².